The predicted molar refractivity (Wildman–Crippen MR) is 81.4 cm³/mol. The first-order chi connectivity index (χ1) is 10.1. The van der Waals surface area contributed by atoms with Crippen molar-refractivity contribution in [1.29, 1.82) is 5.26 Å². The number of anilines is 1. The van der Waals surface area contributed by atoms with Crippen LogP contribution in [0.4, 0.5) is 5.82 Å². The largest absolute Gasteiger partial charge is 0.492 e. The van der Waals surface area contributed by atoms with Crippen LogP contribution in [-0.4, -0.2) is 30.4 Å². The quantitative estimate of drug-likeness (QED) is 0.843. The van der Waals surface area contributed by atoms with Crippen molar-refractivity contribution < 1.29 is 4.74 Å². The van der Waals surface area contributed by atoms with Crippen LogP contribution in [0.25, 0.3) is 0 Å². The van der Waals surface area contributed by atoms with Crippen molar-refractivity contribution in [2.45, 2.75) is 13.8 Å². The minimum absolute atomic E-state index is 0.318. The smallest absolute Gasteiger partial charge is 0.163 e. The number of rotatable bonds is 5. The van der Waals surface area contributed by atoms with Crippen LogP contribution in [0, 0.1) is 25.2 Å². The molecule has 0 spiro atoms. The summed E-state index contributed by atoms with van der Waals surface area (Å²) < 4.78 is 5.76. The molecule has 0 fully saturated rings. The summed E-state index contributed by atoms with van der Waals surface area (Å²) in [4.78, 5) is 1.94. The van der Waals surface area contributed by atoms with Gasteiger partial charge in [-0.15, -0.1) is 10.2 Å². The molecule has 0 atom stereocenters. The minimum Gasteiger partial charge on any atom is -0.492 e. The molecule has 21 heavy (non-hydrogen) atoms. The van der Waals surface area contributed by atoms with Gasteiger partial charge in [0.1, 0.15) is 18.4 Å². The topological polar surface area (TPSA) is 62.0 Å². The number of aryl methyl sites for hydroxylation is 2. The maximum absolute atomic E-state index is 8.69. The molecular weight excluding hydrogens is 264 g/mol. The highest BCUT2D eigenvalue weighted by Crippen LogP contribution is 2.16. The van der Waals surface area contributed by atoms with Crippen LogP contribution >= 0.6 is 0 Å². The highest BCUT2D eigenvalue weighted by molar-refractivity contribution is 5.38. The average molecular weight is 282 g/mol. The van der Waals surface area contributed by atoms with E-state index in [-0.39, 0.29) is 0 Å². The zero-order valence-corrected chi connectivity index (χ0v) is 12.5. The van der Waals surface area contributed by atoms with E-state index in [0.717, 1.165) is 11.6 Å². The van der Waals surface area contributed by atoms with Gasteiger partial charge in [-0.05, 0) is 49.2 Å². The van der Waals surface area contributed by atoms with Gasteiger partial charge in [0.05, 0.1) is 6.54 Å². The van der Waals surface area contributed by atoms with Gasteiger partial charge in [0.15, 0.2) is 11.5 Å². The number of ether oxygens (including phenoxy) is 1. The van der Waals surface area contributed by atoms with E-state index >= 15 is 0 Å². The van der Waals surface area contributed by atoms with E-state index in [0.29, 0.717) is 18.8 Å². The van der Waals surface area contributed by atoms with E-state index in [1.165, 1.54) is 11.1 Å². The Hall–Kier alpha value is -2.61. The first kappa shape index (κ1) is 14.8. The van der Waals surface area contributed by atoms with E-state index in [2.05, 4.69) is 30.1 Å². The van der Waals surface area contributed by atoms with Crippen LogP contribution in [0.1, 0.15) is 16.8 Å². The van der Waals surface area contributed by atoms with E-state index in [9.17, 15) is 0 Å². The molecule has 108 valence electrons. The zero-order chi connectivity index (χ0) is 15.2. The molecule has 0 aliphatic rings. The van der Waals surface area contributed by atoms with Crippen molar-refractivity contribution in [3.8, 4) is 11.8 Å². The second-order valence-corrected chi connectivity index (χ2v) is 4.98. The molecule has 0 radical (unpaired) electrons. The number of aromatic nitrogens is 2. The molecule has 2 aromatic rings. The highest BCUT2D eigenvalue weighted by Gasteiger charge is 2.04. The summed E-state index contributed by atoms with van der Waals surface area (Å²) in [6.45, 7) is 5.35. The summed E-state index contributed by atoms with van der Waals surface area (Å²) in [5.74, 6) is 1.60. The fraction of sp³-hybridized carbons (Fsp3) is 0.312. The third kappa shape index (κ3) is 4.18. The number of likely N-dealkylation sites (N-methyl/N-ethyl adjacent to an activating group) is 1. The summed E-state index contributed by atoms with van der Waals surface area (Å²) in [7, 11) is 1.92. The van der Waals surface area contributed by atoms with Crippen LogP contribution in [-0.2, 0) is 0 Å². The molecule has 1 heterocycles. The molecule has 0 unspecified atom stereocenters. The fourth-order valence-corrected chi connectivity index (χ4v) is 2.02. The summed E-state index contributed by atoms with van der Waals surface area (Å²) in [5, 5.41) is 16.5. The van der Waals surface area contributed by atoms with E-state index in [1.807, 2.05) is 30.1 Å². The van der Waals surface area contributed by atoms with E-state index in [4.69, 9.17) is 10.00 Å². The van der Waals surface area contributed by atoms with Crippen molar-refractivity contribution in [2.75, 3.05) is 25.1 Å². The van der Waals surface area contributed by atoms with Crippen molar-refractivity contribution in [2.24, 2.45) is 0 Å². The van der Waals surface area contributed by atoms with Gasteiger partial charge in [-0.25, -0.2) is 0 Å². The summed E-state index contributed by atoms with van der Waals surface area (Å²) >= 11 is 0. The lowest BCUT2D eigenvalue weighted by Crippen LogP contribution is -2.24. The van der Waals surface area contributed by atoms with Crippen molar-refractivity contribution in [1.82, 2.24) is 10.2 Å². The van der Waals surface area contributed by atoms with Crippen molar-refractivity contribution in [3.05, 3.63) is 47.2 Å². The lowest BCUT2D eigenvalue weighted by Gasteiger charge is -2.17. The minimum atomic E-state index is 0.318. The van der Waals surface area contributed by atoms with Crippen LogP contribution < -0.4 is 9.64 Å². The first-order valence-corrected chi connectivity index (χ1v) is 6.74. The first-order valence-electron chi connectivity index (χ1n) is 6.74. The van der Waals surface area contributed by atoms with Crippen molar-refractivity contribution in [3.63, 3.8) is 0 Å². The van der Waals surface area contributed by atoms with Gasteiger partial charge in [-0.3, -0.25) is 0 Å². The Balaban J connectivity index is 1.88. The van der Waals surface area contributed by atoms with Gasteiger partial charge < -0.3 is 9.64 Å². The van der Waals surface area contributed by atoms with Crippen LogP contribution in [0.2, 0.25) is 0 Å². The predicted octanol–water partition coefficient (Wildman–Crippen LogP) is 2.48. The molecule has 0 saturated carbocycles. The highest BCUT2D eigenvalue weighted by atomic mass is 16.5. The second kappa shape index (κ2) is 6.71. The summed E-state index contributed by atoms with van der Waals surface area (Å²) in [5.41, 5.74) is 2.70. The molecule has 5 heteroatoms. The molecule has 0 aliphatic carbocycles. The van der Waals surface area contributed by atoms with Crippen LogP contribution in [0.15, 0.2) is 30.3 Å². The molecule has 1 aromatic carbocycles. The third-order valence-corrected chi connectivity index (χ3v) is 3.05. The Bertz CT molecular complexity index is 626. The molecule has 0 aliphatic heterocycles. The Labute approximate surface area is 124 Å². The molecule has 0 saturated heterocycles. The zero-order valence-electron chi connectivity index (χ0n) is 12.5. The van der Waals surface area contributed by atoms with E-state index in [1.54, 1.807) is 12.1 Å². The number of nitrogens with zero attached hydrogens (tertiary/aromatic N) is 4. The monoisotopic (exact) mass is 282 g/mol. The molecule has 0 N–H and O–H groups in total. The van der Waals surface area contributed by atoms with E-state index < -0.39 is 0 Å². The maximum Gasteiger partial charge on any atom is 0.163 e. The van der Waals surface area contributed by atoms with Crippen LogP contribution in [0.5, 0.6) is 5.75 Å². The van der Waals surface area contributed by atoms with Gasteiger partial charge in [-0.1, -0.05) is 6.07 Å². The number of nitriles is 1. The Morgan fingerprint density at radius 2 is 1.86 bits per heavy atom. The summed E-state index contributed by atoms with van der Waals surface area (Å²) in [6, 6.07) is 11.5. The number of hydrogen-bond donors (Lipinski definition) is 0. The standard InChI is InChI=1S/C16H18N4O/c1-12-8-13(2)10-15(9-12)21-7-6-20(3)16-5-4-14(11-17)18-19-16/h4-5,8-10H,6-7H2,1-3H3. The molecule has 1 aromatic heterocycles. The SMILES string of the molecule is Cc1cc(C)cc(OCCN(C)c2ccc(C#N)nn2)c1. The number of benzene rings is 1. The molecule has 0 bridgehead atoms. The molecule has 2 rings (SSSR count). The van der Waals surface area contributed by atoms with Crippen LogP contribution in [0.3, 0.4) is 0 Å². The fourth-order valence-electron chi connectivity index (χ4n) is 2.02. The van der Waals surface area contributed by atoms with Gasteiger partial charge in [0, 0.05) is 7.05 Å². The molecular formula is C16H18N4O. The molecule has 5 nitrogen and oxygen atoms in total. The van der Waals surface area contributed by atoms with Gasteiger partial charge in [0.2, 0.25) is 0 Å². The van der Waals surface area contributed by atoms with Crippen molar-refractivity contribution >= 4 is 5.82 Å². The Kier molecular flexibility index (Phi) is 4.72. The van der Waals surface area contributed by atoms with Gasteiger partial charge in [-0.2, -0.15) is 5.26 Å². The van der Waals surface area contributed by atoms with Gasteiger partial charge in [0.25, 0.3) is 0 Å². The lowest BCUT2D eigenvalue weighted by molar-refractivity contribution is 0.325. The molecule has 0 amide bonds. The number of hydrogen-bond acceptors (Lipinski definition) is 5. The van der Waals surface area contributed by atoms with Gasteiger partial charge >= 0.3 is 0 Å². The maximum atomic E-state index is 8.69. The second-order valence-electron chi connectivity index (χ2n) is 4.98. The normalized spacial score (nSPS) is 10.0. The Morgan fingerprint density at radius 3 is 2.43 bits per heavy atom. The Morgan fingerprint density at radius 1 is 1.14 bits per heavy atom. The average Bonchev–Trinajstić information content (AvgIpc) is 2.46. The lowest BCUT2D eigenvalue weighted by atomic mass is 10.1. The summed E-state index contributed by atoms with van der Waals surface area (Å²) in [6.07, 6.45) is 0. The third-order valence-electron chi connectivity index (χ3n) is 3.05.